The largest absolute Gasteiger partial charge is 0.462 e. The molecule has 4 rings (SSSR count). The minimum absolute atomic E-state index is 0.123. The zero-order valence-corrected chi connectivity index (χ0v) is 23.5. The number of nitrogen functional groups attached to an aromatic ring is 1. The number of terminal acetylenes is 1. The number of hydrogen-bond donors (Lipinski definition) is 4. The number of esters is 1. The van der Waals surface area contributed by atoms with E-state index >= 15 is 0 Å². The van der Waals surface area contributed by atoms with E-state index in [-0.39, 0.29) is 22.7 Å². The van der Waals surface area contributed by atoms with Crippen LogP contribution in [0.3, 0.4) is 0 Å². The van der Waals surface area contributed by atoms with Gasteiger partial charge in [-0.05, 0) is 39.0 Å². The molecule has 3 aromatic rings. The Morgan fingerprint density at radius 1 is 1.38 bits per heavy atom. The van der Waals surface area contributed by atoms with Crippen molar-refractivity contribution in [2.75, 3.05) is 12.3 Å². The van der Waals surface area contributed by atoms with Crippen molar-refractivity contribution in [2.24, 2.45) is 0 Å². The number of benzene rings is 1. The van der Waals surface area contributed by atoms with E-state index in [1.54, 1.807) is 44.2 Å². The van der Waals surface area contributed by atoms with Gasteiger partial charge in [-0.2, -0.15) is 10.1 Å². The van der Waals surface area contributed by atoms with Crippen molar-refractivity contribution in [1.82, 2.24) is 19.6 Å². The Kier molecular flexibility index (Phi) is 8.60. The standard InChI is InChI=1S/C25H29ClN5O8P/c1-5-25(26)19(32)18(38-23(25)31-12-11-17-20(31)28-24(27)29-21(17)33)13-36-40(35,39-16-9-7-6-8-10-16)30-15(4)22(34)37-14(2)3/h1,6-12,14-15,18-19,23,32H,13H2,2-4H3,(H,30,35)(H3,27,28,29,33)/t15?,18-,19+,23-,25-,40?/m1/s1. The Labute approximate surface area is 234 Å². The molecule has 0 amide bonds. The van der Waals surface area contributed by atoms with E-state index < -0.39 is 61.3 Å². The lowest BCUT2D eigenvalue weighted by molar-refractivity contribution is -0.149. The minimum Gasteiger partial charge on any atom is -0.462 e. The Morgan fingerprint density at radius 3 is 2.73 bits per heavy atom. The second-order valence-corrected chi connectivity index (χ2v) is 11.6. The Bertz CT molecular complexity index is 1520. The molecule has 1 fully saturated rings. The quantitative estimate of drug-likeness (QED) is 0.117. The lowest BCUT2D eigenvalue weighted by Gasteiger charge is -2.26. The molecule has 214 valence electrons. The molecular weight excluding hydrogens is 565 g/mol. The number of anilines is 1. The fourth-order valence-corrected chi connectivity index (χ4v) is 5.87. The van der Waals surface area contributed by atoms with Gasteiger partial charge in [0.15, 0.2) is 16.7 Å². The van der Waals surface area contributed by atoms with Crippen LogP contribution in [0.5, 0.6) is 5.75 Å². The number of fused-ring (bicyclic) bond motifs is 1. The highest BCUT2D eigenvalue weighted by Crippen LogP contribution is 2.48. The molecule has 1 aromatic carbocycles. The van der Waals surface area contributed by atoms with Gasteiger partial charge in [0, 0.05) is 6.20 Å². The minimum atomic E-state index is -4.27. The number of hydrogen-bond acceptors (Lipinski definition) is 10. The molecule has 1 saturated heterocycles. The molecule has 6 atom stereocenters. The van der Waals surface area contributed by atoms with Gasteiger partial charge >= 0.3 is 13.7 Å². The molecule has 40 heavy (non-hydrogen) atoms. The third-order valence-electron chi connectivity index (χ3n) is 5.95. The number of carbonyl (C=O) groups is 1. The van der Waals surface area contributed by atoms with Gasteiger partial charge in [-0.3, -0.25) is 19.1 Å². The number of rotatable bonds is 10. The first-order valence-electron chi connectivity index (χ1n) is 12.2. The molecule has 1 aliphatic heterocycles. The normalized spacial score (nSPS) is 24.9. The molecule has 1 aliphatic rings. The summed E-state index contributed by atoms with van der Waals surface area (Å²) in [5.41, 5.74) is 5.34. The number of nitrogens with two attached hydrogens (primary N) is 1. The second-order valence-electron chi connectivity index (χ2n) is 9.33. The predicted octanol–water partition coefficient (Wildman–Crippen LogP) is 2.31. The maximum atomic E-state index is 13.8. The SMILES string of the molecule is C#C[C@@]1(Cl)[C@@H](O)[C@@H](COP(=O)(NC(C)C(=O)OC(C)C)Oc2ccccc2)O[C@H]1n1ccc2c(=O)[nH]c(N)nc21. The molecule has 2 unspecified atom stereocenters. The molecule has 3 heterocycles. The van der Waals surface area contributed by atoms with Crippen molar-refractivity contribution >= 4 is 42.3 Å². The number of ether oxygens (including phenoxy) is 2. The van der Waals surface area contributed by atoms with Gasteiger partial charge in [0.05, 0.1) is 18.1 Å². The number of aromatic amines is 1. The number of H-pyrrole nitrogens is 1. The summed E-state index contributed by atoms with van der Waals surface area (Å²) in [5, 5.41) is 13.8. The topological polar surface area (TPSA) is 180 Å². The van der Waals surface area contributed by atoms with Crippen LogP contribution in [0.2, 0.25) is 0 Å². The molecule has 0 radical (unpaired) electrons. The summed E-state index contributed by atoms with van der Waals surface area (Å²) in [6.45, 7) is 4.26. The van der Waals surface area contributed by atoms with Crippen LogP contribution in [-0.4, -0.2) is 61.4 Å². The number of aromatic nitrogens is 3. The molecule has 0 spiro atoms. The Morgan fingerprint density at radius 2 is 2.08 bits per heavy atom. The van der Waals surface area contributed by atoms with Gasteiger partial charge < -0.3 is 29.4 Å². The van der Waals surface area contributed by atoms with E-state index in [0.717, 1.165) is 0 Å². The van der Waals surface area contributed by atoms with Crippen LogP contribution in [0.25, 0.3) is 11.0 Å². The number of nitrogens with zero attached hydrogens (tertiary/aromatic N) is 2. The number of alkyl halides is 1. The third-order valence-corrected chi connectivity index (χ3v) is 8.12. The Balaban J connectivity index is 1.59. The van der Waals surface area contributed by atoms with E-state index in [4.69, 9.17) is 42.3 Å². The second kappa shape index (κ2) is 11.6. The number of carbonyl (C=O) groups excluding carboxylic acids is 1. The summed E-state index contributed by atoms with van der Waals surface area (Å²) in [6.07, 6.45) is 2.79. The summed E-state index contributed by atoms with van der Waals surface area (Å²) >= 11 is 6.68. The average molecular weight is 594 g/mol. The number of nitrogens with one attached hydrogen (secondary N) is 2. The van der Waals surface area contributed by atoms with E-state index in [2.05, 4.69) is 21.0 Å². The molecule has 5 N–H and O–H groups in total. The highest BCUT2D eigenvalue weighted by molar-refractivity contribution is 7.52. The van der Waals surface area contributed by atoms with Crippen molar-refractivity contribution < 1.29 is 33.0 Å². The van der Waals surface area contributed by atoms with Gasteiger partial charge in [-0.25, -0.2) is 4.57 Å². The highest BCUT2D eigenvalue weighted by Gasteiger charge is 2.56. The van der Waals surface area contributed by atoms with Crippen LogP contribution in [0.4, 0.5) is 5.95 Å². The smallest absolute Gasteiger partial charge is 0.459 e. The number of para-hydroxylation sites is 1. The average Bonchev–Trinajstić information content (AvgIpc) is 3.42. The van der Waals surface area contributed by atoms with Crippen molar-refractivity contribution in [3.63, 3.8) is 0 Å². The number of aliphatic hydroxyl groups is 1. The van der Waals surface area contributed by atoms with Crippen LogP contribution >= 0.6 is 19.3 Å². The van der Waals surface area contributed by atoms with Crippen molar-refractivity contribution in [1.29, 1.82) is 0 Å². The van der Waals surface area contributed by atoms with Crippen molar-refractivity contribution in [3.8, 4) is 18.1 Å². The van der Waals surface area contributed by atoms with Gasteiger partial charge in [0.25, 0.3) is 5.56 Å². The first-order valence-corrected chi connectivity index (χ1v) is 14.1. The van der Waals surface area contributed by atoms with E-state index in [9.17, 15) is 19.3 Å². The number of aliphatic hydroxyl groups excluding tert-OH is 1. The monoisotopic (exact) mass is 593 g/mol. The third kappa shape index (κ3) is 6.02. The Hall–Kier alpha value is -3.37. The van der Waals surface area contributed by atoms with E-state index in [1.165, 1.54) is 23.8 Å². The van der Waals surface area contributed by atoms with E-state index in [0.29, 0.717) is 0 Å². The summed E-state index contributed by atoms with van der Waals surface area (Å²) < 4.78 is 37.6. The molecule has 0 bridgehead atoms. The van der Waals surface area contributed by atoms with Gasteiger partial charge in [-0.1, -0.05) is 35.7 Å². The fourth-order valence-electron chi connectivity index (χ4n) is 4.07. The predicted molar refractivity (Wildman–Crippen MR) is 147 cm³/mol. The fraction of sp³-hybridized carbons (Fsp3) is 0.400. The van der Waals surface area contributed by atoms with Gasteiger partial charge in [0.2, 0.25) is 5.95 Å². The maximum Gasteiger partial charge on any atom is 0.459 e. The van der Waals surface area contributed by atoms with Crippen molar-refractivity contribution in [3.05, 3.63) is 52.9 Å². The van der Waals surface area contributed by atoms with Crippen LogP contribution < -0.4 is 20.9 Å². The van der Waals surface area contributed by atoms with Crippen LogP contribution in [0.15, 0.2) is 47.4 Å². The van der Waals surface area contributed by atoms with Crippen LogP contribution in [0, 0.1) is 12.3 Å². The maximum absolute atomic E-state index is 13.8. The summed E-state index contributed by atoms with van der Waals surface area (Å²) in [7, 11) is -4.27. The summed E-state index contributed by atoms with van der Waals surface area (Å²) in [5.74, 6) is 1.71. The molecular formula is C25H29ClN5O8P. The molecule has 0 aliphatic carbocycles. The van der Waals surface area contributed by atoms with Gasteiger partial charge in [0.1, 0.15) is 24.0 Å². The first-order chi connectivity index (χ1) is 18.9. The van der Waals surface area contributed by atoms with E-state index in [1.807, 2.05) is 0 Å². The van der Waals surface area contributed by atoms with Crippen molar-refractivity contribution in [2.45, 2.75) is 56.2 Å². The molecule has 2 aromatic heterocycles. The zero-order chi connectivity index (χ0) is 29.2. The molecule has 15 heteroatoms. The summed E-state index contributed by atoms with van der Waals surface area (Å²) in [6, 6.07) is 8.53. The van der Waals surface area contributed by atoms with Crippen LogP contribution in [0.1, 0.15) is 27.0 Å². The first kappa shape index (κ1) is 29.6. The lowest BCUT2D eigenvalue weighted by atomic mass is 9.99. The summed E-state index contributed by atoms with van der Waals surface area (Å²) in [4.78, 5) is 29.4. The lowest BCUT2D eigenvalue weighted by Crippen LogP contribution is -2.42. The molecule has 13 nitrogen and oxygen atoms in total. The van der Waals surface area contributed by atoms with Crippen LogP contribution in [-0.2, 0) is 23.4 Å². The number of halogens is 1. The van der Waals surface area contributed by atoms with Gasteiger partial charge in [-0.15, -0.1) is 6.42 Å². The highest BCUT2D eigenvalue weighted by atomic mass is 35.5. The zero-order valence-electron chi connectivity index (χ0n) is 21.8. The molecule has 0 saturated carbocycles.